The highest BCUT2D eigenvalue weighted by molar-refractivity contribution is 7.88. The van der Waals surface area contributed by atoms with E-state index in [0.717, 1.165) is 5.56 Å². The number of methoxy groups -OCH3 is 1. The largest absolute Gasteiger partial charge is 0.465 e. The summed E-state index contributed by atoms with van der Waals surface area (Å²) in [6.45, 7) is -0.109. The topological polar surface area (TPSA) is 111 Å². The lowest BCUT2D eigenvalue weighted by Gasteiger charge is -2.05. The van der Waals surface area contributed by atoms with Crippen LogP contribution in [0.15, 0.2) is 59.1 Å². The van der Waals surface area contributed by atoms with Crippen LogP contribution in [0, 0.1) is 0 Å². The molecule has 8 nitrogen and oxygen atoms in total. The number of nitrogens with zero attached hydrogens (tertiary/aromatic N) is 2. The molecule has 0 bridgehead atoms. The standard InChI is InChI=1S/C18H17N3O5S/c1-25-18(22)15-9-7-13(8-10-15)12-27(23,24)19-11-16-20-17(21-26-16)14-5-3-2-4-6-14/h2-10,19H,11-12H2,1H3. The third-order valence-corrected chi connectivity index (χ3v) is 4.97. The van der Waals surface area contributed by atoms with Crippen LogP contribution in [-0.4, -0.2) is 31.6 Å². The summed E-state index contributed by atoms with van der Waals surface area (Å²) >= 11 is 0. The number of sulfonamides is 1. The van der Waals surface area contributed by atoms with Crippen molar-refractivity contribution in [2.75, 3.05) is 7.11 Å². The van der Waals surface area contributed by atoms with E-state index in [2.05, 4.69) is 19.6 Å². The van der Waals surface area contributed by atoms with E-state index in [4.69, 9.17) is 4.52 Å². The molecule has 2 aromatic carbocycles. The molecule has 0 saturated heterocycles. The first-order valence-electron chi connectivity index (χ1n) is 7.99. The first kappa shape index (κ1) is 18.7. The zero-order valence-corrected chi connectivity index (χ0v) is 15.3. The predicted molar refractivity (Wildman–Crippen MR) is 97.0 cm³/mol. The number of carbonyl (C=O) groups is 1. The predicted octanol–water partition coefficient (Wildman–Crippen LogP) is 2.14. The Balaban J connectivity index is 1.60. The van der Waals surface area contributed by atoms with Gasteiger partial charge in [-0.05, 0) is 17.7 Å². The Labute approximate surface area is 156 Å². The number of carbonyl (C=O) groups excluding carboxylic acids is 1. The molecule has 0 unspecified atom stereocenters. The van der Waals surface area contributed by atoms with Crippen LogP contribution in [-0.2, 0) is 27.1 Å². The fourth-order valence-electron chi connectivity index (χ4n) is 2.33. The Hall–Kier alpha value is -3.04. The van der Waals surface area contributed by atoms with E-state index < -0.39 is 16.0 Å². The minimum Gasteiger partial charge on any atom is -0.465 e. The quantitative estimate of drug-likeness (QED) is 0.618. The molecular formula is C18H17N3O5S. The van der Waals surface area contributed by atoms with Gasteiger partial charge in [0.15, 0.2) is 0 Å². The lowest BCUT2D eigenvalue weighted by Crippen LogP contribution is -2.24. The van der Waals surface area contributed by atoms with Gasteiger partial charge in [-0.15, -0.1) is 0 Å². The van der Waals surface area contributed by atoms with E-state index in [-0.39, 0.29) is 18.2 Å². The molecule has 0 fully saturated rings. The summed E-state index contributed by atoms with van der Waals surface area (Å²) in [6.07, 6.45) is 0. The first-order chi connectivity index (χ1) is 13.0. The summed E-state index contributed by atoms with van der Waals surface area (Å²) in [5.74, 6) is -0.163. The van der Waals surface area contributed by atoms with Crippen molar-refractivity contribution >= 4 is 16.0 Å². The Morgan fingerprint density at radius 3 is 2.48 bits per heavy atom. The van der Waals surface area contributed by atoms with Gasteiger partial charge in [-0.25, -0.2) is 17.9 Å². The van der Waals surface area contributed by atoms with Crippen molar-refractivity contribution in [1.29, 1.82) is 0 Å². The lowest BCUT2D eigenvalue weighted by molar-refractivity contribution is 0.0600. The van der Waals surface area contributed by atoms with Gasteiger partial charge in [0.1, 0.15) is 0 Å². The van der Waals surface area contributed by atoms with E-state index in [1.165, 1.54) is 19.2 Å². The van der Waals surface area contributed by atoms with Gasteiger partial charge in [0.2, 0.25) is 21.7 Å². The molecule has 1 aromatic heterocycles. The molecule has 3 aromatic rings. The van der Waals surface area contributed by atoms with Crippen LogP contribution in [0.2, 0.25) is 0 Å². The fraction of sp³-hybridized carbons (Fsp3) is 0.167. The van der Waals surface area contributed by atoms with Gasteiger partial charge in [0, 0.05) is 5.56 Å². The molecule has 0 radical (unpaired) electrons. The summed E-state index contributed by atoms with van der Waals surface area (Å²) in [4.78, 5) is 15.6. The highest BCUT2D eigenvalue weighted by Gasteiger charge is 2.15. The second-order valence-corrected chi connectivity index (χ2v) is 7.45. The second kappa shape index (κ2) is 8.11. The highest BCUT2D eigenvalue weighted by Crippen LogP contribution is 2.15. The summed E-state index contributed by atoms with van der Waals surface area (Å²) in [7, 11) is -2.34. The van der Waals surface area contributed by atoms with Crippen LogP contribution in [0.5, 0.6) is 0 Å². The molecule has 0 aliphatic rings. The van der Waals surface area contributed by atoms with Crippen LogP contribution in [0.4, 0.5) is 0 Å². The molecule has 1 heterocycles. The van der Waals surface area contributed by atoms with Crippen LogP contribution in [0.25, 0.3) is 11.4 Å². The number of hydrogen-bond donors (Lipinski definition) is 1. The smallest absolute Gasteiger partial charge is 0.337 e. The van der Waals surface area contributed by atoms with Crippen molar-refractivity contribution in [3.05, 3.63) is 71.6 Å². The first-order valence-corrected chi connectivity index (χ1v) is 9.65. The third-order valence-electron chi connectivity index (χ3n) is 3.68. The van der Waals surface area contributed by atoms with Gasteiger partial charge in [0.25, 0.3) is 0 Å². The summed E-state index contributed by atoms with van der Waals surface area (Å²) in [5, 5.41) is 3.84. The molecular weight excluding hydrogens is 370 g/mol. The summed E-state index contributed by atoms with van der Waals surface area (Å²) < 4.78 is 36.6. The van der Waals surface area contributed by atoms with Gasteiger partial charge in [-0.1, -0.05) is 47.6 Å². The summed E-state index contributed by atoms with van der Waals surface area (Å²) in [6, 6.07) is 15.4. The Morgan fingerprint density at radius 2 is 1.81 bits per heavy atom. The van der Waals surface area contributed by atoms with Crippen LogP contribution in [0.1, 0.15) is 21.8 Å². The van der Waals surface area contributed by atoms with Crippen molar-refractivity contribution in [2.24, 2.45) is 0 Å². The highest BCUT2D eigenvalue weighted by atomic mass is 32.2. The molecule has 1 N–H and O–H groups in total. The molecule has 0 aliphatic heterocycles. The van der Waals surface area contributed by atoms with Crippen LogP contribution in [0.3, 0.4) is 0 Å². The van der Waals surface area contributed by atoms with E-state index in [9.17, 15) is 13.2 Å². The van der Waals surface area contributed by atoms with Gasteiger partial charge in [-0.2, -0.15) is 4.98 Å². The van der Waals surface area contributed by atoms with E-state index >= 15 is 0 Å². The Morgan fingerprint density at radius 1 is 1.11 bits per heavy atom. The molecule has 0 atom stereocenters. The van der Waals surface area contributed by atoms with Gasteiger partial charge in [0.05, 0.1) is 25.0 Å². The zero-order chi connectivity index (χ0) is 19.3. The van der Waals surface area contributed by atoms with Gasteiger partial charge >= 0.3 is 5.97 Å². The molecule has 3 rings (SSSR count). The number of rotatable bonds is 7. The summed E-state index contributed by atoms with van der Waals surface area (Å²) in [5.41, 5.74) is 1.66. The molecule has 9 heteroatoms. The number of esters is 1. The van der Waals surface area contributed by atoms with Crippen molar-refractivity contribution < 1.29 is 22.5 Å². The maximum atomic E-state index is 12.2. The molecule has 0 amide bonds. The van der Waals surface area contributed by atoms with E-state index in [0.29, 0.717) is 17.0 Å². The number of hydrogen-bond acceptors (Lipinski definition) is 7. The van der Waals surface area contributed by atoms with Crippen molar-refractivity contribution in [1.82, 2.24) is 14.9 Å². The number of benzene rings is 2. The minimum atomic E-state index is -3.62. The average molecular weight is 387 g/mol. The number of nitrogens with one attached hydrogen (secondary N) is 1. The molecule has 27 heavy (non-hydrogen) atoms. The monoisotopic (exact) mass is 387 g/mol. The third kappa shape index (κ3) is 4.99. The van der Waals surface area contributed by atoms with Crippen LogP contribution < -0.4 is 4.72 Å². The maximum absolute atomic E-state index is 12.2. The van der Waals surface area contributed by atoms with Gasteiger partial charge in [-0.3, -0.25) is 0 Å². The maximum Gasteiger partial charge on any atom is 0.337 e. The van der Waals surface area contributed by atoms with Crippen molar-refractivity contribution in [2.45, 2.75) is 12.3 Å². The zero-order valence-electron chi connectivity index (χ0n) is 14.5. The minimum absolute atomic E-state index is 0.109. The van der Waals surface area contributed by atoms with Crippen molar-refractivity contribution in [3.63, 3.8) is 0 Å². The Bertz CT molecular complexity index is 1010. The number of aromatic nitrogens is 2. The van der Waals surface area contributed by atoms with Gasteiger partial charge < -0.3 is 9.26 Å². The fourth-order valence-corrected chi connectivity index (χ4v) is 3.40. The lowest BCUT2D eigenvalue weighted by atomic mass is 10.1. The van der Waals surface area contributed by atoms with Crippen LogP contribution >= 0.6 is 0 Å². The molecule has 0 aliphatic carbocycles. The van der Waals surface area contributed by atoms with E-state index in [1.807, 2.05) is 30.3 Å². The number of ether oxygens (including phenoxy) is 1. The average Bonchev–Trinajstić information content (AvgIpc) is 3.16. The normalized spacial score (nSPS) is 11.3. The second-order valence-electron chi connectivity index (χ2n) is 5.65. The SMILES string of the molecule is COC(=O)c1ccc(CS(=O)(=O)NCc2nc(-c3ccccc3)no2)cc1. The molecule has 0 spiro atoms. The van der Waals surface area contributed by atoms with E-state index in [1.54, 1.807) is 12.1 Å². The van der Waals surface area contributed by atoms with Crippen molar-refractivity contribution in [3.8, 4) is 11.4 Å². The molecule has 0 saturated carbocycles. The molecule has 140 valence electrons. The Kier molecular flexibility index (Phi) is 5.63.